The molecule has 0 amide bonds. The van der Waals surface area contributed by atoms with E-state index in [1.54, 1.807) is 12.1 Å². The molecule has 1 aromatic rings. The number of hydrogen-bond donors (Lipinski definition) is 1. The van der Waals surface area contributed by atoms with E-state index in [4.69, 9.17) is 5.73 Å². The summed E-state index contributed by atoms with van der Waals surface area (Å²) in [5, 5.41) is 0. The standard InChI is InChI=1S/C9H11NO2/c1-12-9(11)8(10)7-5-3-2-4-6-7/h2-6,8H,10H2,1H3/i9+2. The van der Waals surface area contributed by atoms with Gasteiger partial charge in [-0.2, -0.15) is 0 Å². The Bertz CT molecular complexity index is 258. The number of esters is 1. The first-order valence-corrected chi connectivity index (χ1v) is 3.64. The molecule has 0 aliphatic heterocycles. The Morgan fingerprint density at radius 3 is 2.50 bits per heavy atom. The van der Waals surface area contributed by atoms with Crippen LogP contribution in [0.4, 0.5) is 0 Å². The first kappa shape index (κ1) is 8.74. The van der Waals surface area contributed by atoms with Crippen LogP contribution in [0.5, 0.6) is 0 Å². The maximum absolute atomic E-state index is 11.0. The van der Waals surface area contributed by atoms with E-state index in [-0.39, 0.29) is 0 Å². The molecule has 1 rings (SSSR count). The number of carbonyl (C=O) groups is 1. The predicted molar refractivity (Wildman–Crippen MR) is 45.4 cm³/mol. The Kier molecular flexibility index (Phi) is 2.82. The van der Waals surface area contributed by atoms with Crippen LogP contribution in [0, 0.1) is 0 Å². The van der Waals surface area contributed by atoms with Crippen molar-refractivity contribution < 1.29 is 9.53 Å². The smallest absolute Gasteiger partial charge is 0.327 e. The highest BCUT2D eigenvalue weighted by Crippen LogP contribution is 2.09. The molecule has 0 fully saturated rings. The second-order valence-electron chi connectivity index (χ2n) is 2.41. The summed E-state index contributed by atoms with van der Waals surface area (Å²) in [6, 6.07) is 8.45. The van der Waals surface area contributed by atoms with E-state index in [0.717, 1.165) is 5.56 Å². The number of methoxy groups -OCH3 is 1. The van der Waals surface area contributed by atoms with Crippen molar-refractivity contribution in [2.45, 2.75) is 6.04 Å². The van der Waals surface area contributed by atoms with Crippen LogP contribution in [0.3, 0.4) is 0 Å². The Balaban J connectivity index is 2.78. The van der Waals surface area contributed by atoms with Crippen molar-refractivity contribution in [3.05, 3.63) is 35.9 Å². The van der Waals surface area contributed by atoms with Crippen molar-refractivity contribution in [3.63, 3.8) is 0 Å². The lowest BCUT2D eigenvalue weighted by molar-refractivity contribution is -0.142. The van der Waals surface area contributed by atoms with Gasteiger partial charge in [0.25, 0.3) is 0 Å². The average molecular weight is 167 g/mol. The van der Waals surface area contributed by atoms with Crippen LogP contribution < -0.4 is 5.73 Å². The third kappa shape index (κ3) is 1.83. The van der Waals surface area contributed by atoms with E-state index < -0.39 is 12.0 Å². The molecule has 2 N–H and O–H groups in total. The fraction of sp³-hybridized carbons (Fsp3) is 0.222. The van der Waals surface area contributed by atoms with E-state index in [1.807, 2.05) is 18.2 Å². The van der Waals surface area contributed by atoms with E-state index in [2.05, 4.69) is 4.74 Å². The molecule has 0 aliphatic rings. The summed E-state index contributed by atoms with van der Waals surface area (Å²) < 4.78 is 4.50. The monoisotopic (exact) mass is 167 g/mol. The minimum absolute atomic E-state index is 0.416. The number of carbonyl (C=O) groups excluding carboxylic acids is 1. The van der Waals surface area contributed by atoms with Gasteiger partial charge in [0.15, 0.2) is 0 Å². The van der Waals surface area contributed by atoms with Crippen molar-refractivity contribution in [2.24, 2.45) is 5.73 Å². The maximum atomic E-state index is 11.0. The Labute approximate surface area is 71.1 Å². The first-order valence-electron chi connectivity index (χ1n) is 3.64. The Hall–Kier alpha value is -1.35. The summed E-state index contributed by atoms with van der Waals surface area (Å²) in [7, 11) is 1.32. The van der Waals surface area contributed by atoms with Crippen molar-refractivity contribution >= 4 is 5.97 Å². The molecule has 0 heterocycles. The van der Waals surface area contributed by atoms with Crippen LogP contribution in [0.25, 0.3) is 0 Å². The molecule has 1 unspecified atom stereocenters. The van der Waals surface area contributed by atoms with Gasteiger partial charge in [-0.15, -0.1) is 0 Å². The van der Waals surface area contributed by atoms with Crippen LogP contribution in [-0.4, -0.2) is 13.1 Å². The summed E-state index contributed by atoms with van der Waals surface area (Å²) in [4.78, 5) is 11.0. The molecule has 0 aromatic heterocycles. The van der Waals surface area contributed by atoms with Gasteiger partial charge in [0, 0.05) is 0 Å². The molecule has 0 saturated heterocycles. The lowest BCUT2D eigenvalue weighted by atomic mass is 10.2. The molecule has 0 bridgehead atoms. The van der Waals surface area contributed by atoms with Gasteiger partial charge in [0.05, 0.1) is 7.11 Å². The molecule has 3 heteroatoms. The number of rotatable bonds is 2. The van der Waals surface area contributed by atoms with Crippen LogP contribution in [-0.2, 0) is 9.53 Å². The van der Waals surface area contributed by atoms with Crippen LogP contribution in [0.2, 0.25) is 0 Å². The zero-order valence-electron chi connectivity index (χ0n) is 6.86. The lowest BCUT2D eigenvalue weighted by Crippen LogP contribution is -2.22. The molecular weight excluding hydrogens is 156 g/mol. The number of benzene rings is 1. The van der Waals surface area contributed by atoms with Gasteiger partial charge in [0.1, 0.15) is 6.04 Å². The minimum Gasteiger partial charge on any atom is -0.468 e. The van der Waals surface area contributed by atoms with Gasteiger partial charge in [-0.05, 0) is 5.56 Å². The van der Waals surface area contributed by atoms with Gasteiger partial charge in [0.2, 0.25) is 0 Å². The number of hydrogen-bond acceptors (Lipinski definition) is 3. The highest BCUT2D eigenvalue weighted by molar-refractivity contribution is 5.77. The SMILES string of the molecule is CO[14C](=O)C(N)c1ccccc1. The van der Waals surface area contributed by atoms with E-state index in [0.29, 0.717) is 0 Å². The summed E-state index contributed by atoms with van der Waals surface area (Å²) in [6.07, 6.45) is 0. The molecule has 0 spiro atoms. The predicted octanol–water partition coefficient (Wildman–Crippen LogP) is 0.859. The number of ether oxygens (including phenoxy) is 1. The second-order valence-corrected chi connectivity index (χ2v) is 2.41. The molecule has 0 radical (unpaired) electrons. The minimum atomic E-state index is -0.670. The summed E-state index contributed by atoms with van der Waals surface area (Å²) in [6.45, 7) is 0. The van der Waals surface area contributed by atoms with Gasteiger partial charge in [-0.25, -0.2) is 0 Å². The van der Waals surface area contributed by atoms with Crippen molar-refractivity contribution in [2.75, 3.05) is 7.11 Å². The largest absolute Gasteiger partial charge is 0.468 e. The summed E-state index contributed by atoms with van der Waals surface area (Å²) in [5.41, 5.74) is 6.34. The van der Waals surface area contributed by atoms with E-state index >= 15 is 0 Å². The average Bonchev–Trinajstić information content (AvgIpc) is 2.17. The Morgan fingerprint density at radius 2 is 2.00 bits per heavy atom. The quantitative estimate of drug-likeness (QED) is 0.664. The third-order valence-corrected chi connectivity index (χ3v) is 1.61. The maximum Gasteiger partial charge on any atom is 0.327 e. The van der Waals surface area contributed by atoms with Gasteiger partial charge < -0.3 is 10.5 Å². The highest BCUT2D eigenvalue weighted by Gasteiger charge is 2.14. The fourth-order valence-electron chi connectivity index (χ4n) is 0.923. The van der Waals surface area contributed by atoms with E-state index in [9.17, 15) is 4.79 Å². The van der Waals surface area contributed by atoms with Crippen molar-refractivity contribution in [1.82, 2.24) is 0 Å². The zero-order valence-corrected chi connectivity index (χ0v) is 6.86. The molecular formula is C9H11NO2. The molecule has 1 aromatic carbocycles. The first-order chi connectivity index (χ1) is 5.75. The second kappa shape index (κ2) is 3.88. The van der Waals surface area contributed by atoms with E-state index in [1.165, 1.54) is 7.11 Å². The van der Waals surface area contributed by atoms with Crippen molar-refractivity contribution in [3.8, 4) is 0 Å². The van der Waals surface area contributed by atoms with Crippen LogP contribution in [0.1, 0.15) is 11.6 Å². The normalized spacial score (nSPS) is 12.2. The van der Waals surface area contributed by atoms with Gasteiger partial charge in [-0.1, -0.05) is 30.3 Å². The fourth-order valence-corrected chi connectivity index (χ4v) is 0.923. The molecule has 12 heavy (non-hydrogen) atoms. The van der Waals surface area contributed by atoms with Gasteiger partial charge >= 0.3 is 5.97 Å². The van der Waals surface area contributed by atoms with Crippen molar-refractivity contribution in [1.29, 1.82) is 0 Å². The third-order valence-electron chi connectivity index (χ3n) is 1.61. The van der Waals surface area contributed by atoms with Crippen LogP contribution in [0.15, 0.2) is 30.3 Å². The molecule has 3 nitrogen and oxygen atoms in total. The zero-order chi connectivity index (χ0) is 8.97. The summed E-state index contributed by atoms with van der Waals surface area (Å²) >= 11 is 0. The highest BCUT2D eigenvalue weighted by atomic mass is 16.8. The molecule has 1 atom stereocenters. The van der Waals surface area contributed by atoms with Gasteiger partial charge in [-0.3, -0.25) is 4.79 Å². The molecule has 0 aliphatic carbocycles. The molecule has 0 saturated carbocycles. The van der Waals surface area contributed by atoms with Crippen LogP contribution >= 0.6 is 0 Å². The lowest BCUT2D eigenvalue weighted by Gasteiger charge is -2.08. The summed E-state index contributed by atoms with van der Waals surface area (Å²) in [5.74, 6) is -0.416. The Morgan fingerprint density at radius 1 is 1.42 bits per heavy atom. The number of nitrogens with two attached hydrogens (primary N) is 1. The topological polar surface area (TPSA) is 52.3 Å². The molecule has 64 valence electrons.